The van der Waals surface area contributed by atoms with E-state index in [1.165, 1.54) is 13.2 Å². The maximum absolute atomic E-state index is 12.4. The van der Waals surface area contributed by atoms with E-state index < -0.39 is 12.1 Å². The Morgan fingerprint density at radius 3 is 2.64 bits per heavy atom. The van der Waals surface area contributed by atoms with Gasteiger partial charge in [0.2, 0.25) is 5.88 Å². The topological polar surface area (TPSA) is 39.2 Å². The molecule has 5 heteroatoms. The van der Waals surface area contributed by atoms with Crippen LogP contribution in [0.4, 0.5) is 8.78 Å². The number of ether oxygens (including phenoxy) is 1. The Morgan fingerprint density at radius 2 is 2.21 bits per heavy atom. The number of aromatic nitrogens is 1. The van der Waals surface area contributed by atoms with Crippen molar-refractivity contribution in [2.45, 2.75) is 13.3 Å². The lowest BCUT2D eigenvalue weighted by atomic mass is 10.1. The smallest absolute Gasteiger partial charge is 0.281 e. The number of pyridine rings is 1. The van der Waals surface area contributed by atoms with E-state index in [2.05, 4.69) is 4.98 Å². The van der Waals surface area contributed by atoms with Gasteiger partial charge in [-0.2, -0.15) is 0 Å². The highest BCUT2D eigenvalue weighted by Gasteiger charge is 2.17. The summed E-state index contributed by atoms with van der Waals surface area (Å²) in [7, 11) is 1.33. The molecule has 0 aromatic carbocycles. The highest BCUT2D eigenvalue weighted by Crippen LogP contribution is 2.25. The summed E-state index contributed by atoms with van der Waals surface area (Å²) in [6, 6.07) is 1.44. The molecule has 0 atom stereocenters. The van der Waals surface area contributed by atoms with Gasteiger partial charge in [-0.15, -0.1) is 0 Å². The van der Waals surface area contributed by atoms with Crippen molar-refractivity contribution in [3.63, 3.8) is 0 Å². The van der Waals surface area contributed by atoms with Crippen LogP contribution in [0.1, 0.15) is 28.0 Å². The molecule has 0 amide bonds. The molecule has 0 unspecified atom stereocenters. The van der Waals surface area contributed by atoms with Gasteiger partial charge < -0.3 is 4.74 Å². The van der Waals surface area contributed by atoms with Gasteiger partial charge in [0.25, 0.3) is 6.43 Å². The number of carbonyl (C=O) groups is 1. The Balaban J connectivity index is 3.35. The molecular weight excluding hydrogens is 192 g/mol. The molecule has 0 saturated heterocycles. The molecule has 1 aromatic rings. The first-order chi connectivity index (χ1) is 6.60. The second-order valence-corrected chi connectivity index (χ2v) is 2.70. The molecule has 0 spiro atoms. The molecular formula is C9H9F2NO2. The van der Waals surface area contributed by atoms with Gasteiger partial charge in [-0.3, -0.25) is 4.79 Å². The summed E-state index contributed by atoms with van der Waals surface area (Å²) in [5, 5.41) is 0. The Labute approximate surface area is 79.7 Å². The lowest BCUT2D eigenvalue weighted by Gasteiger charge is -2.08. The van der Waals surface area contributed by atoms with Crippen molar-refractivity contribution in [1.82, 2.24) is 4.98 Å². The van der Waals surface area contributed by atoms with E-state index in [0.717, 1.165) is 0 Å². The molecule has 1 aromatic heterocycles. The molecule has 0 saturated carbocycles. The fourth-order valence-corrected chi connectivity index (χ4v) is 1.10. The summed E-state index contributed by atoms with van der Waals surface area (Å²) in [4.78, 5) is 14.1. The Morgan fingerprint density at radius 1 is 1.57 bits per heavy atom. The largest absolute Gasteiger partial charge is 0.481 e. The highest BCUT2D eigenvalue weighted by molar-refractivity contribution is 5.79. The highest BCUT2D eigenvalue weighted by atomic mass is 19.3. The lowest BCUT2D eigenvalue weighted by molar-refractivity contribution is 0.110. The van der Waals surface area contributed by atoms with Gasteiger partial charge in [0.15, 0.2) is 6.29 Å². The van der Waals surface area contributed by atoms with E-state index in [4.69, 9.17) is 4.74 Å². The molecule has 0 aliphatic carbocycles. The van der Waals surface area contributed by atoms with Crippen molar-refractivity contribution in [2.75, 3.05) is 7.11 Å². The van der Waals surface area contributed by atoms with Crippen LogP contribution >= 0.6 is 0 Å². The number of carbonyl (C=O) groups excluding carboxylic acids is 1. The second kappa shape index (κ2) is 4.13. The van der Waals surface area contributed by atoms with Gasteiger partial charge in [0.1, 0.15) is 5.69 Å². The number of hydrogen-bond acceptors (Lipinski definition) is 3. The number of nitrogens with zero attached hydrogens (tertiary/aromatic N) is 1. The molecule has 0 aliphatic rings. The first-order valence-electron chi connectivity index (χ1n) is 3.89. The van der Waals surface area contributed by atoms with Crippen molar-refractivity contribution in [3.05, 3.63) is 22.9 Å². The van der Waals surface area contributed by atoms with Crippen LogP contribution < -0.4 is 4.74 Å². The van der Waals surface area contributed by atoms with Crippen LogP contribution in [0.15, 0.2) is 6.07 Å². The summed E-state index contributed by atoms with van der Waals surface area (Å²) in [6.45, 7) is 1.56. The third-order valence-corrected chi connectivity index (χ3v) is 1.81. The van der Waals surface area contributed by atoms with Crippen LogP contribution in [-0.4, -0.2) is 18.4 Å². The quantitative estimate of drug-likeness (QED) is 0.703. The number of methoxy groups -OCH3 is 1. The van der Waals surface area contributed by atoms with Gasteiger partial charge in [0, 0.05) is 11.6 Å². The normalized spacial score (nSPS) is 10.4. The molecule has 1 rings (SSSR count). The third-order valence-electron chi connectivity index (χ3n) is 1.81. The molecule has 0 radical (unpaired) electrons. The van der Waals surface area contributed by atoms with Crippen LogP contribution in [0.25, 0.3) is 0 Å². The van der Waals surface area contributed by atoms with E-state index in [9.17, 15) is 13.6 Å². The van der Waals surface area contributed by atoms with E-state index >= 15 is 0 Å². The Hall–Kier alpha value is -1.52. The van der Waals surface area contributed by atoms with Gasteiger partial charge in [-0.1, -0.05) is 0 Å². The average Bonchev–Trinajstić information content (AvgIpc) is 2.16. The predicted molar refractivity (Wildman–Crippen MR) is 45.9 cm³/mol. The number of aldehydes is 1. The van der Waals surface area contributed by atoms with E-state index in [-0.39, 0.29) is 11.4 Å². The summed E-state index contributed by atoms with van der Waals surface area (Å²) >= 11 is 0. The number of hydrogen-bond donors (Lipinski definition) is 0. The number of rotatable bonds is 3. The van der Waals surface area contributed by atoms with Crippen LogP contribution in [0.5, 0.6) is 5.88 Å². The zero-order chi connectivity index (χ0) is 10.7. The number of halogens is 2. The van der Waals surface area contributed by atoms with Crippen LogP contribution in [0, 0.1) is 6.92 Å². The molecule has 14 heavy (non-hydrogen) atoms. The first kappa shape index (κ1) is 10.6. The summed E-state index contributed by atoms with van der Waals surface area (Å²) < 4.78 is 29.6. The van der Waals surface area contributed by atoms with Crippen molar-refractivity contribution in [3.8, 4) is 5.88 Å². The maximum atomic E-state index is 12.4. The minimum Gasteiger partial charge on any atom is -0.481 e. The Kier molecular flexibility index (Phi) is 3.11. The molecule has 76 valence electrons. The monoisotopic (exact) mass is 201 g/mol. The number of aryl methyl sites for hydroxylation is 1. The van der Waals surface area contributed by atoms with Crippen molar-refractivity contribution in [1.29, 1.82) is 0 Å². The maximum Gasteiger partial charge on any atom is 0.281 e. The molecule has 3 nitrogen and oxygen atoms in total. The van der Waals surface area contributed by atoms with Crippen molar-refractivity contribution in [2.24, 2.45) is 0 Å². The number of alkyl halides is 2. The van der Waals surface area contributed by atoms with Crippen molar-refractivity contribution < 1.29 is 18.3 Å². The zero-order valence-corrected chi connectivity index (χ0v) is 7.75. The summed E-state index contributed by atoms with van der Waals surface area (Å²) in [6.07, 6.45) is -2.40. The first-order valence-corrected chi connectivity index (χ1v) is 3.89. The minimum atomic E-state index is -2.77. The van der Waals surface area contributed by atoms with Gasteiger partial charge in [-0.05, 0) is 12.5 Å². The fourth-order valence-electron chi connectivity index (χ4n) is 1.10. The second-order valence-electron chi connectivity index (χ2n) is 2.70. The third kappa shape index (κ3) is 1.86. The van der Waals surface area contributed by atoms with Crippen LogP contribution in [-0.2, 0) is 0 Å². The van der Waals surface area contributed by atoms with E-state index in [0.29, 0.717) is 11.8 Å². The van der Waals surface area contributed by atoms with Crippen molar-refractivity contribution >= 4 is 6.29 Å². The van der Waals surface area contributed by atoms with Gasteiger partial charge in [-0.25, -0.2) is 13.8 Å². The van der Waals surface area contributed by atoms with E-state index in [1.807, 2.05) is 0 Å². The molecule has 0 bridgehead atoms. The molecule has 0 N–H and O–H groups in total. The SMILES string of the molecule is COc1cc(C)c(C=O)c(C(F)F)n1. The van der Waals surface area contributed by atoms with E-state index in [1.54, 1.807) is 6.92 Å². The standard InChI is InChI=1S/C9H9F2NO2/c1-5-3-7(14-2)12-8(9(10)11)6(5)4-13/h3-4,9H,1-2H3. The zero-order valence-electron chi connectivity index (χ0n) is 7.75. The van der Waals surface area contributed by atoms with Gasteiger partial charge in [0.05, 0.1) is 7.11 Å². The molecule has 1 heterocycles. The fraction of sp³-hybridized carbons (Fsp3) is 0.333. The van der Waals surface area contributed by atoms with Crippen LogP contribution in [0.3, 0.4) is 0 Å². The average molecular weight is 201 g/mol. The predicted octanol–water partition coefficient (Wildman–Crippen LogP) is 2.15. The minimum absolute atomic E-state index is 0.0687. The van der Waals surface area contributed by atoms with Gasteiger partial charge >= 0.3 is 0 Å². The summed E-state index contributed by atoms with van der Waals surface area (Å²) in [5.74, 6) is 0.0865. The lowest BCUT2D eigenvalue weighted by Crippen LogP contribution is -2.02. The summed E-state index contributed by atoms with van der Waals surface area (Å²) in [5.41, 5.74) is -0.167. The molecule has 0 fully saturated rings. The Bertz CT molecular complexity index is 353. The van der Waals surface area contributed by atoms with Crippen LogP contribution in [0.2, 0.25) is 0 Å². The molecule has 0 aliphatic heterocycles.